The Balaban J connectivity index is 1.31. The van der Waals surface area contributed by atoms with Gasteiger partial charge < -0.3 is 4.57 Å². The molecule has 0 saturated carbocycles. The molecule has 4 aromatic heterocycles. The van der Waals surface area contributed by atoms with Crippen LogP contribution in [0.25, 0.3) is 83.1 Å². The number of rotatable bonds is 4. The number of nitrogens with zero attached hydrogens (tertiary/aromatic N) is 4. The lowest BCUT2D eigenvalue weighted by atomic mass is 9.95. The van der Waals surface area contributed by atoms with Crippen molar-refractivity contribution in [3.05, 3.63) is 158 Å². The summed E-state index contributed by atoms with van der Waals surface area (Å²) in [5, 5.41) is 5.98. The summed E-state index contributed by atoms with van der Waals surface area (Å²) in [4.78, 5) is 14.8. The quantitative estimate of drug-likeness (QED) is 0.196. The van der Waals surface area contributed by atoms with Crippen LogP contribution in [0.15, 0.2) is 158 Å². The Bertz CT molecular complexity index is 2530. The number of fused-ring (bicyclic) bond motifs is 7. The first-order valence-corrected chi connectivity index (χ1v) is 15.1. The van der Waals surface area contributed by atoms with Crippen molar-refractivity contribution in [2.24, 2.45) is 0 Å². The minimum Gasteiger partial charge on any atom is -0.309 e. The van der Waals surface area contributed by atoms with Gasteiger partial charge in [-0.1, -0.05) is 91.0 Å². The lowest BCUT2D eigenvalue weighted by Gasteiger charge is -2.13. The van der Waals surface area contributed by atoms with Crippen molar-refractivity contribution in [1.29, 1.82) is 0 Å². The van der Waals surface area contributed by atoms with Crippen molar-refractivity contribution >= 4 is 43.5 Å². The zero-order chi connectivity index (χ0) is 29.7. The highest BCUT2D eigenvalue weighted by Gasteiger charge is 2.19. The summed E-state index contributed by atoms with van der Waals surface area (Å²) < 4.78 is 2.37. The maximum absolute atomic E-state index is 5.29. The van der Waals surface area contributed by atoms with E-state index in [4.69, 9.17) is 9.97 Å². The average Bonchev–Trinajstić information content (AvgIpc) is 3.46. The topological polar surface area (TPSA) is 43.6 Å². The average molecular weight is 575 g/mol. The molecule has 0 aliphatic heterocycles. The summed E-state index contributed by atoms with van der Waals surface area (Å²) >= 11 is 0. The monoisotopic (exact) mass is 574 g/mol. The van der Waals surface area contributed by atoms with Gasteiger partial charge in [0.05, 0.1) is 39.3 Å². The molecule has 0 spiro atoms. The molecule has 0 amide bonds. The van der Waals surface area contributed by atoms with Crippen LogP contribution in [0.2, 0.25) is 0 Å². The predicted molar refractivity (Wildman–Crippen MR) is 185 cm³/mol. The van der Waals surface area contributed by atoms with Gasteiger partial charge in [-0.3, -0.25) is 4.98 Å². The van der Waals surface area contributed by atoms with Crippen LogP contribution in [0.4, 0.5) is 0 Å². The first kappa shape index (κ1) is 25.4. The SMILES string of the molecule is c1ccc(-n2c3ccccc3c3c4c(ccc32)c(-c2cccc(-c3cccc(-c5ccccn5)n3)c2)nc2ccccc24)cc1. The standard InChI is InChI=1S/C41H26N4/c1-2-14-29(15-3-1)45-37-22-7-5-17-31(37)40-38(45)24-23-32-39(40)30-16-4-6-18-34(30)44-41(32)28-13-10-12-27(26-28)33-20-11-21-36(43-33)35-19-8-9-25-42-35/h1-26H. The maximum atomic E-state index is 5.29. The Morgan fingerprint density at radius 2 is 1.16 bits per heavy atom. The summed E-state index contributed by atoms with van der Waals surface area (Å²) in [6.45, 7) is 0. The van der Waals surface area contributed by atoms with Crippen LogP contribution in [0.3, 0.4) is 0 Å². The molecule has 4 nitrogen and oxygen atoms in total. The number of hydrogen-bond acceptors (Lipinski definition) is 3. The van der Waals surface area contributed by atoms with Crippen molar-refractivity contribution in [1.82, 2.24) is 19.5 Å². The minimum absolute atomic E-state index is 0.852. The number of benzene rings is 5. The molecule has 0 aliphatic carbocycles. The molecule has 4 heterocycles. The fraction of sp³-hybridized carbons (Fsp3) is 0. The number of aromatic nitrogens is 4. The highest BCUT2D eigenvalue weighted by atomic mass is 15.0. The van der Waals surface area contributed by atoms with E-state index in [9.17, 15) is 0 Å². The zero-order valence-corrected chi connectivity index (χ0v) is 24.3. The molecule has 0 bridgehead atoms. The second-order valence-corrected chi connectivity index (χ2v) is 11.3. The second kappa shape index (κ2) is 10.2. The first-order chi connectivity index (χ1) is 22.3. The normalized spacial score (nSPS) is 11.6. The zero-order valence-electron chi connectivity index (χ0n) is 24.3. The van der Waals surface area contributed by atoms with E-state index in [1.165, 1.54) is 27.2 Å². The van der Waals surface area contributed by atoms with Gasteiger partial charge in [-0.25, -0.2) is 9.97 Å². The predicted octanol–water partition coefficient (Wildman–Crippen LogP) is 10.3. The fourth-order valence-corrected chi connectivity index (χ4v) is 6.65. The summed E-state index contributed by atoms with van der Waals surface area (Å²) in [5.41, 5.74) is 10.2. The second-order valence-electron chi connectivity index (χ2n) is 11.3. The molecule has 4 heteroatoms. The molecular formula is C41H26N4. The molecule has 9 rings (SSSR count). The number of pyridine rings is 3. The van der Waals surface area contributed by atoms with Crippen molar-refractivity contribution in [3.8, 4) is 39.6 Å². The lowest BCUT2D eigenvalue weighted by Crippen LogP contribution is -1.94. The highest BCUT2D eigenvalue weighted by Crippen LogP contribution is 2.42. The van der Waals surface area contributed by atoms with Gasteiger partial charge in [0, 0.05) is 49.9 Å². The Morgan fingerprint density at radius 3 is 2.04 bits per heavy atom. The summed E-state index contributed by atoms with van der Waals surface area (Å²) in [7, 11) is 0. The van der Waals surface area contributed by atoms with Crippen LogP contribution < -0.4 is 0 Å². The van der Waals surface area contributed by atoms with Gasteiger partial charge in [-0.05, 0) is 60.7 Å². The Morgan fingerprint density at radius 1 is 0.422 bits per heavy atom. The molecule has 0 atom stereocenters. The van der Waals surface area contributed by atoms with Crippen molar-refractivity contribution < 1.29 is 0 Å². The molecular weight excluding hydrogens is 548 g/mol. The van der Waals surface area contributed by atoms with Gasteiger partial charge >= 0.3 is 0 Å². The third-order valence-electron chi connectivity index (χ3n) is 8.62. The van der Waals surface area contributed by atoms with E-state index in [2.05, 4.69) is 131 Å². The van der Waals surface area contributed by atoms with Gasteiger partial charge in [-0.15, -0.1) is 0 Å². The van der Waals surface area contributed by atoms with Gasteiger partial charge in [0.1, 0.15) is 0 Å². The van der Waals surface area contributed by atoms with Gasteiger partial charge in [0.15, 0.2) is 0 Å². The molecule has 5 aromatic carbocycles. The Labute approximate surface area is 259 Å². The van der Waals surface area contributed by atoms with E-state index < -0.39 is 0 Å². The van der Waals surface area contributed by atoms with Gasteiger partial charge in [0.2, 0.25) is 0 Å². The smallest absolute Gasteiger partial charge is 0.0893 e. The third kappa shape index (κ3) is 4.11. The molecule has 0 unspecified atom stereocenters. The Kier molecular flexibility index (Phi) is 5.78. The molecule has 0 fully saturated rings. The molecule has 0 radical (unpaired) electrons. The maximum Gasteiger partial charge on any atom is 0.0893 e. The van der Waals surface area contributed by atoms with Crippen LogP contribution in [0, 0.1) is 0 Å². The van der Waals surface area contributed by atoms with E-state index in [1.54, 1.807) is 6.20 Å². The highest BCUT2D eigenvalue weighted by molar-refractivity contribution is 6.29. The van der Waals surface area contributed by atoms with E-state index >= 15 is 0 Å². The van der Waals surface area contributed by atoms with Crippen LogP contribution in [-0.2, 0) is 0 Å². The largest absolute Gasteiger partial charge is 0.309 e. The van der Waals surface area contributed by atoms with Crippen LogP contribution in [-0.4, -0.2) is 19.5 Å². The Hall–Kier alpha value is -6.13. The summed E-state index contributed by atoms with van der Waals surface area (Å²) in [5.74, 6) is 0. The van der Waals surface area contributed by atoms with Gasteiger partial charge in [-0.2, -0.15) is 0 Å². The number of para-hydroxylation sites is 3. The van der Waals surface area contributed by atoms with Crippen LogP contribution >= 0.6 is 0 Å². The first-order valence-electron chi connectivity index (χ1n) is 15.1. The lowest BCUT2D eigenvalue weighted by molar-refractivity contribution is 1.18. The van der Waals surface area contributed by atoms with Crippen LogP contribution in [0.5, 0.6) is 0 Å². The molecule has 45 heavy (non-hydrogen) atoms. The van der Waals surface area contributed by atoms with E-state index in [0.29, 0.717) is 0 Å². The number of hydrogen-bond donors (Lipinski definition) is 0. The minimum atomic E-state index is 0.852. The van der Waals surface area contributed by atoms with Crippen molar-refractivity contribution in [2.75, 3.05) is 0 Å². The van der Waals surface area contributed by atoms with Crippen molar-refractivity contribution in [2.45, 2.75) is 0 Å². The van der Waals surface area contributed by atoms with Gasteiger partial charge in [0.25, 0.3) is 0 Å². The third-order valence-corrected chi connectivity index (χ3v) is 8.62. The summed E-state index contributed by atoms with van der Waals surface area (Å²) in [6.07, 6.45) is 1.80. The molecule has 210 valence electrons. The summed E-state index contributed by atoms with van der Waals surface area (Å²) in [6, 6.07) is 52.9. The van der Waals surface area contributed by atoms with Crippen molar-refractivity contribution in [3.63, 3.8) is 0 Å². The van der Waals surface area contributed by atoms with E-state index in [1.807, 2.05) is 30.3 Å². The molecule has 9 aromatic rings. The molecule has 0 aliphatic rings. The van der Waals surface area contributed by atoms with E-state index in [-0.39, 0.29) is 0 Å². The van der Waals surface area contributed by atoms with Crippen LogP contribution in [0.1, 0.15) is 0 Å². The fourth-order valence-electron chi connectivity index (χ4n) is 6.65. The van der Waals surface area contributed by atoms with E-state index in [0.717, 1.165) is 55.9 Å². The molecule has 0 saturated heterocycles. The molecule has 0 N–H and O–H groups in total.